The van der Waals surface area contributed by atoms with Crippen LogP contribution in [0.1, 0.15) is 40.5 Å². The molecule has 2 rings (SSSR count). The molecule has 13 heteroatoms. The van der Waals surface area contributed by atoms with Crippen molar-refractivity contribution >= 4 is 78.9 Å². The third-order valence-electron chi connectivity index (χ3n) is 6.03. The molecule has 2 N–H and O–H groups in total. The van der Waals surface area contributed by atoms with Crippen LogP contribution in [-0.4, -0.2) is 34.3 Å². The molecular formula is C15H33O4P9. The lowest BCUT2D eigenvalue weighted by Gasteiger charge is -2.49. The van der Waals surface area contributed by atoms with Crippen molar-refractivity contribution in [3.05, 3.63) is 11.1 Å². The second-order valence-electron chi connectivity index (χ2n) is 8.07. The van der Waals surface area contributed by atoms with Gasteiger partial charge in [-0.2, -0.15) is 0 Å². The van der Waals surface area contributed by atoms with Crippen molar-refractivity contribution in [3.8, 4) is 0 Å². The third-order valence-corrected chi connectivity index (χ3v) is 46.2. The second-order valence-corrected chi connectivity index (χ2v) is 40.0. The summed E-state index contributed by atoms with van der Waals surface area (Å²) >= 11 is 0. The Morgan fingerprint density at radius 3 is 2.18 bits per heavy atom. The van der Waals surface area contributed by atoms with Gasteiger partial charge >= 0.3 is 0 Å². The number of hydrogen-bond donors (Lipinski definition) is 2. The molecule has 2 aliphatic carbocycles. The van der Waals surface area contributed by atoms with Crippen LogP contribution in [0.3, 0.4) is 0 Å². The minimum atomic E-state index is -0.879. The zero-order valence-corrected chi connectivity index (χ0v) is 26.0. The Balaban J connectivity index is 2.50. The van der Waals surface area contributed by atoms with E-state index in [1.54, 1.807) is 0 Å². The highest BCUT2D eigenvalue weighted by Gasteiger charge is 2.50. The molecule has 0 heterocycles. The van der Waals surface area contributed by atoms with Crippen molar-refractivity contribution in [2.24, 2.45) is 17.3 Å². The van der Waals surface area contributed by atoms with Crippen LogP contribution < -0.4 is 0 Å². The largest absolute Gasteiger partial charge is 0.389 e. The smallest absolute Gasteiger partial charge is 0.138 e. The van der Waals surface area contributed by atoms with Crippen molar-refractivity contribution in [2.75, 3.05) is 0 Å². The number of aliphatic hydroxyl groups is 2. The Bertz CT molecular complexity index is 627. The molecule has 162 valence electrons. The fourth-order valence-corrected chi connectivity index (χ4v) is 48.2. The molecule has 0 amide bonds. The Hall–Kier alpha value is 3.16. The number of Topliss-reactive ketones (excluding diaryl/α,β-unsaturated/α-hetero) is 1. The average Bonchev–Trinajstić information content (AvgIpc) is 2.58. The number of hydrogen-bond acceptors (Lipinski definition) is 4. The summed E-state index contributed by atoms with van der Waals surface area (Å²) < 4.78 is 6.64. The lowest BCUT2D eigenvalue weighted by Crippen LogP contribution is -2.50. The molecular weight excluding hydrogens is 523 g/mol. The van der Waals surface area contributed by atoms with E-state index < -0.39 is 39.8 Å². The highest BCUT2D eigenvalue weighted by atomic mass is 33.1. The minimum Gasteiger partial charge on any atom is -0.389 e. The summed E-state index contributed by atoms with van der Waals surface area (Å²) in [5.41, 5.74) is 1.38. The van der Waals surface area contributed by atoms with Crippen molar-refractivity contribution in [1.29, 1.82) is 0 Å². The monoisotopic (exact) mass is 556 g/mol. The normalized spacial score (nSPS) is 35.8. The summed E-state index contributed by atoms with van der Waals surface area (Å²) in [7, 11) is 13.7. The van der Waals surface area contributed by atoms with Gasteiger partial charge in [-0.25, -0.2) is 0 Å². The standard InChI is InChI=1S/C15H33O4P9/c1-7-10(16)5-9-6-11(17)8(2)14(13(18)12(7)15(9,3)4)19-25(26(20)21)28(24)27(22)23/h8-10,13-14,16,18H,5-6,20-24H2,1-4H3/t8-,9?,10-,13+,14+,25?,28?/m0/s1. The highest BCUT2D eigenvalue weighted by Crippen LogP contribution is 3.06. The van der Waals surface area contributed by atoms with Gasteiger partial charge in [0.2, 0.25) is 0 Å². The van der Waals surface area contributed by atoms with Crippen LogP contribution in [0.15, 0.2) is 11.1 Å². The topological polar surface area (TPSA) is 66.8 Å². The molecule has 2 bridgehead atoms. The summed E-state index contributed by atoms with van der Waals surface area (Å²) in [6, 6.07) is 0. The van der Waals surface area contributed by atoms with Gasteiger partial charge < -0.3 is 14.7 Å². The summed E-state index contributed by atoms with van der Waals surface area (Å²) in [5.74, 6) is -0.193. The summed E-state index contributed by atoms with van der Waals surface area (Å²) in [5, 5.41) is 22.1. The maximum atomic E-state index is 13.1. The predicted octanol–water partition coefficient (Wildman–Crippen LogP) is 6.60. The zero-order valence-electron chi connectivity index (χ0n) is 16.7. The first-order valence-electron chi connectivity index (χ1n) is 9.01. The molecule has 8 unspecified atom stereocenters. The quantitative estimate of drug-likeness (QED) is 0.296. The fraction of sp³-hybridized carbons (Fsp3) is 0.800. The van der Waals surface area contributed by atoms with Crippen molar-refractivity contribution in [2.45, 2.75) is 58.8 Å². The Morgan fingerprint density at radius 2 is 1.68 bits per heavy atom. The molecule has 0 aromatic heterocycles. The van der Waals surface area contributed by atoms with E-state index in [0.717, 1.165) is 11.1 Å². The van der Waals surface area contributed by atoms with Gasteiger partial charge in [-0.1, -0.05) is 29.7 Å². The van der Waals surface area contributed by atoms with Crippen molar-refractivity contribution in [1.82, 2.24) is 0 Å². The number of carbonyl (C=O) groups excluding carboxylic acids is 1. The molecule has 28 heavy (non-hydrogen) atoms. The van der Waals surface area contributed by atoms with E-state index >= 15 is 0 Å². The van der Waals surface area contributed by atoms with E-state index in [0.29, 0.717) is 12.8 Å². The molecule has 0 aliphatic heterocycles. The number of fused-ring (bicyclic) bond motifs is 2. The van der Waals surface area contributed by atoms with E-state index in [-0.39, 0.29) is 30.0 Å². The fourth-order valence-electron chi connectivity index (χ4n) is 4.21. The van der Waals surface area contributed by atoms with Gasteiger partial charge in [0.05, 0.1) is 13.6 Å². The van der Waals surface area contributed by atoms with Gasteiger partial charge in [0, 0.05) is 19.3 Å². The molecule has 0 aromatic rings. The molecule has 4 nitrogen and oxygen atoms in total. The first-order valence-corrected chi connectivity index (χ1v) is 24.5. The highest BCUT2D eigenvalue weighted by molar-refractivity contribution is 9.07. The van der Waals surface area contributed by atoms with Crippen LogP contribution in [0.2, 0.25) is 0 Å². The first kappa shape index (κ1) is 27.4. The van der Waals surface area contributed by atoms with Crippen molar-refractivity contribution in [3.63, 3.8) is 0 Å². The SMILES string of the molecule is CC1=C2[C@@H](O)[C@H](OP(P(P)P)P(P)P(P)P)[C@@H](C)C(=O)CC(C[C@@H]1O)C2(C)C. The summed E-state index contributed by atoms with van der Waals surface area (Å²) in [6.07, 6.45) is -1.04. The summed E-state index contributed by atoms with van der Waals surface area (Å²) in [4.78, 5) is 13.1. The molecule has 2 aliphatic rings. The molecule has 0 spiro atoms. The van der Waals surface area contributed by atoms with E-state index in [2.05, 4.69) is 58.5 Å². The van der Waals surface area contributed by atoms with E-state index in [9.17, 15) is 15.0 Å². The van der Waals surface area contributed by atoms with Crippen LogP contribution in [0, 0.1) is 17.3 Å². The Morgan fingerprint density at radius 1 is 1.11 bits per heavy atom. The van der Waals surface area contributed by atoms with E-state index in [1.807, 2.05) is 13.8 Å². The van der Waals surface area contributed by atoms with E-state index in [4.69, 9.17) is 4.52 Å². The van der Waals surface area contributed by atoms with Gasteiger partial charge in [-0.3, -0.25) is 4.79 Å². The van der Waals surface area contributed by atoms with Crippen LogP contribution in [0.4, 0.5) is 0 Å². The van der Waals surface area contributed by atoms with Crippen molar-refractivity contribution < 1.29 is 19.5 Å². The number of aliphatic hydroxyl groups excluding tert-OH is 2. The second kappa shape index (κ2) is 11.1. The maximum absolute atomic E-state index is 13.1. The number of carbonyl (C=O) groups is 1. The number of ketones is 1. The molecule has 0 radical (unpaired) electrons. The van der Waals surface area contributed by atoms with Gasteiger partial charge in [-0.15, -0.1) is 35.7 Å². The zero-order chi connectivity index (χ0) is 21.5. The van der Waals surface area contributed by atoms with Gasteiger partial charge in [0.15, 0.2) is 0 Å². The third kappa shape index (κ3) is 5.80. The Labute approximate surface area is 185 Å². The van der Waals surface area contributed by atoms with Gasteiger partial charge in [-0.05, 0) is 49.8 Å². The van der Waals surface area contributed by atoms with Gasteiger partial charge in [0.25, 0.3) is 0 Å². The minimum absolute atomic E-state index is 0.0413. The van der Waals surface area contributed by atoms with Crippen LogP contribution >= 0.6 is 73.1 Å². The predicted molar refractivity (Wildman–Crippen MR) is 146 cm³/mol. The van der Waals surface area contributed by atoms with Gasteiger partial charge in [0.1, 0.15) is 18.0 Å². The maximum Gasteiger partial charge on any atom is 0.138 e. The van der Waals surface area contributed by atoms with E-state index in [1.165, 1.54) is 0 Å². The van der Waals surface area contributed by atoms with Crippen LogP contribution in [-0.2, 0) is 9.32 Å². The lowest BCUT2D eigenvalue weighted by molar-refractivity contribution is -0.131. The van der Waals surface area contributed by atoms with Crippen LogP contribution in [0.5, 0.6) is 0 Å². The molecule has 12 atom stereocenters. The average molecular weight is 556 g/mol. The Kier molecular flexibility index (Phi) is 10.8. The molecule has 1 fully saturated rings. The van der Waals surface area contributed by atoms with Crippen LogP contribution in [0.25, 0.3) is 0 Å². The number of rotatable bonds is 5. The molecule has 1 saturated carbocycles. The molecule has 0 aromatic carbocycles. The first-order chi connectivity index (χ1) is 12.8. The molecule has 0 saturated heterocycles. The lowest BCUT2D eigenvalue weighted by atomic mass is 9.59. The summed E-state index contributed by atoms with van der Waals surface area (Å²) in [6.45, 7) is 6.74.